The molecule has 3 N–H and O–H groups in total. The molecule has 1 aliphatic carbocycles. The molecule has 1 saturated carbocycles. The van der Waals surface area contributed by atoms with Crippen LogP contribution >= 0.6 is 0 Å². The maximum absolute atomic E-state index is 10.8. The molecule has 0 aromatic heterocycles. The summed E-state index contributed by atoms with van der Waals surface area (Å²) in [5.74, 6) is -2.77. The average Bonchev–Trinajstić information content (AvgIpc) is 2.37. The largest absolute Gasteiger partial charge is 0.481 e. The number of hydrogen-bond donors (Lipinski definition) is 2. The third-order valence-corrected chi connectivity index (χ3v) is 2.44. The average molecular weight is 171 g/mol. The van der Waals surface area contributed by atoms with E-state index < -0.39 is 17.8 Å². The summed E-state index contributed by atoms with van der Waals surface area (Å²) in [6, 6.07) is 0. The zero-order chi connectivity index (χ0) is 9.14. The van der Waals surface area contributed by atoms with Crippen LogP contribution in [0.25, 0.3) is 0 Å². The molecular formula is C8H13NO3. The monoisotopic (exact) mass is 171 g/mol. The van der Waals surface area contributed by atoms with E-state index in [2.05, 4.69) is 0 Å². The molecule has 0 radical (unpaired) electrons. The zero-order valence-electron chi connectivity index (χ0n) is 6.82. The molecule has 0 saturated heterocycles. The molecule has 4 heteroatoms. The summed E-state index contributed by atoms with van der Waals surface area (Å²) >= 11 is 0. The smallest absolute Gasteiger partial charge is 0.316 e. The fraction of sp³-hybridized carbons (Fsp3) is 0.750. The van der Waals surface area contributed by atoms with Crippen LogP contribution in [0.2, 0.25) is 0 Å². The second-order valence-electron chi connectivity index (χ2n) is 3.26. The molecule has 0 bridgehead atoms. The van der Waals surface area contributed by atoms with Gasteiger partial charge in [0.15, 0.2) is 0 Å². The summed E-state index contributed by atoms with van der Waals surface area (Å²) in [4.78, 5) is 21.4. The first-order chi connectivity index (χ1) is 5.63. The van der Waals surface area contributed by atoms with Crippen LogP contribution in [-0.4, -0.2) is 17.0 Å². The van der Waals surface area contributed by atoms with Gasteiger partial charge in [-0.25, -0.2) is 0 Å². The number of hydrogen-bond acceptors (Lipinski definition) is 2. The maximum Gasteiger partial charge on any atom is 0.316 e. The highest BCUT2D eigenvalue weighted by molar-refractivity contribution is 5.96. The van der Waals surface area contributed by atoms with Gasteiger partial charge in [0.1, 0.15) is 5.92 Å². The summed E-state index contributed by atoms with van der Waals surface area (Å²) in [7, 11) is 0. The van der Waals surface area contributed by atoms with Gasteiger partial charge in [-0.15, -0.1) is 0 Å². The van der Waals surface area contributed by atoms with Crippen molar-refractivity contribution < 1.29 is 14.7 Å². The minimum Gasteiger partial charge on any atom is -0.481 e. The molecule has 1 aliphatic rings. The van der Waals surface area contributed by atoms with Crippen molar-refractivity contribution in [3.05, 3.63) is 0 Å². The number of nitrogens with two attached hydrogens (primary N) is 1. The van der Waals surface area contributed by atoms with Gasteiger partial charge in [0, 0.05) is 0 Å². The van der Waals surface area contributed by atoms with Crippen LogP contribution in [-0.2, 0) is 9.59 Å². The lowest BCUT2D eigenvalue weighted by atomic mass is 9.90. The Morgan fingerprint density at radius 2 is 1.83 bits per heavy atom. The van der Waals surface area contributed by atoms with Crippen molar-refractivity contribution in [3.63, 3.8) is 0 Å². The number of amides is 1. The predicted octanol–water partition coefficient (Wildman–Crippen LogP) is 0.363. The van der Waals surface area contributed by atoms with Gasteiger partial charge in [-0.3, -0.25) is 9.59 Å². The van der Waals surface area contributed by atoms with Gasteiger partial charge in [0.05, 0.1) is 0 Å². The number of carboxylic acid groups (broad SMARTS) is 1. The number of primary amides is 1. The van der Waals surface area contributed by atoms with Gasteiger partial charge in [-0.1, -0.05) is 12.8 Å². The first kappa shape index (κ1) is 9.03. The van der Waals surface area contributed by atoms with Gasteiger partial charge >= 0.3 is 5.97 Å². The minimum absolute atomic E-state index is 0.0278. The first-order valence-electron chi connectivity index (χ1n) is 4.15. The third kappa shape index (κ3) is 1.75. The van der Waals surface area contributed by atoms with Crippen LogP contribution < -0.4 is 5.73 Å². The lowest BCUT2D eigenvalue weighted by Gasteiger charge is -2.14. The molecule has 1 fully saturated rings. The second kappa shape index (κ2) is 3.56. The summed E-state index contributed by atoms with van der Waals surface area (Å²) in [5.41, 5.74) is 5.00. The molecular weight excluding hydrogens is 158 g/mol. The van der Waals surface area contributed by atoms with Crippen molar-refractivity contribution in [2.24, 2.45) is 17.6 Å². The van der Waals surface area contributed by atoms with Gasteiger partial charge in [-0.05, 0) is 18.8 Å². The molecule has 68 valence electrons. The fourth-order valence-electron chi connectivity index (χ4n) is 1.85. The van der Waals surface area contributed by atoms with Gasteiger partial charge in [-0.2, -0.15) is 0 Å². The zero-order valence-corrected chi connectivity index (χ0v) is 6.82. The minimum atomic E-state index is -1.07. The Morgan fingerprint density at radius 3 is 2.17 bits per heavy atom. The predicted molar refractivity (Wildman–Crippen MR) is 42.3 cm³/mol. The fourth-order valence-corrected chi connectivity index (χ4v) is 1.85. The summed E-state index contributed by atoms with van der Waals surface area (Å²) in [6.45, 7) is 0. The molecule has 12 heavy (non-hydrogen) atoms. The van der Waals surface area contributed by atoms with Crippen molar-refractivity contribution in [2.45, 2.75) is 25.7 Å². The molecule has 1 unspecified atom stereocenters. The Labute approximate surface area is 70.7 Å². The highest BCUT2D eigenvalue weighted by atomic mass is 16.4. The molecule has 4 nitrogen and oxygen atoms in total. The Kier molecular flexibility index (Phi) is 2.68. The van der Waals surface area contributed by atoms with Crippen LogP contribution in [0.1, 0.15) is 25.7 Å². The van der Waals surface area contributed by atoms with Crippen molar-refractivity contribution in [1.82, 2.24) is 0 Å². The van der Waals surface area contributed by atoms with Crippen LogP contribution in [0, 0.1) is 11.8 Å². The third-order valence-electron chi connectivity index (χ3n) is 2.44. The molecule has 1 atom stereocenters. The van der Waals surface area contributed by atoms with Crippen molar-refractivity contribution in [2.75, 3.05) is 0 Å². The van der Waals surface area contributed by atoms with E-state index in [1.54, 1.807) is 0 Å². The van der Waals surface area contributed by atoms with E-state index in [1.807, 2.05) is 0 Å². The number of rotatable bonds is 3. The highest BCUT2D eigenvalue weighted by Gasteiger charge is 2.34. The number of carbonyl (C=O) groups excluding carboxylic acids is 1. The molecule has 0 aromatic carbocycles. The Balaban J connectivity index is 2.64. The van der Waals surface area contributed by atoms with E-state index in [9.17, 15) is 9.59 Å². The summed E-state index contributed by atoms with van der Waals surface area (Å²) in [5, 5.41) is 8.70. The lowest BCUT2D eigenvalue weighted by Crippen LogP contribution is -2.35. The molecule has 1 amide bonds. The van der Waals surface area contributed by atoms with Gasteiger partial charge in [0.25, 0.3) is 0 Å². The Bertz CT molecular complexity index is 182. The lowest BCUT2D eigenvalue weighted by molar-refractivity contribution is -0.148. The van der Waals surface area contributed by atoms with Gasteiger partial charge < -0.3 is 10.8 Å². The topological polar surface area (TPSA) is 80.4 Å². The molecule has 0 aliphatic heterocycles. The number of aliphatic carboxylic acids is 1. The quantitative estimate of drug-likeness (QED) is 0.602. The van der Waals surface area contributed by atoms with Crippen LogP contribution in [0.15, 0.2) is 0 Å². The molecule has 0 heterocycles. The van der Waals surface area contributed by atoms with E-state index >= 15 is 0 Å². The van der Waals surface area contributed by atoms with E-state index in [4.69, 9.17) is 10.8 Å². The summed E-state index contributed by atoms with van der Waals surface area (Å²) in [6.07, 6.45) is 3.67. The molecule has 0 aromatic rings. The van der Waals surface area contributed by atoms with Crippen LogP contribution in [0.3, 0.4) is 0 Å². The van der Waals surface area contributed by atoms with Crippen molar-refractivity contribution in [3.8, 4) is 0 Å². The van der Waals surface area contributed by atoms with E-state index in [1.165, 1.54) is 0 Å². The molecule has 0 spiro atoms. The standard InChI is InChI=1S/C8H13NO3/c9-7(10)6(8(11)12)5-3-1-2-4-5/h5-6H,1-4H2,(H2,9,10)(H,11,12). The van der Waals surface area contributed by atoms with Crippen molar-refractivity contribution >= 4 is 11.9 Å². The number of carboxylic acids is 1. The normalized spacial score (nSPS) is 20.7. The van der Waals surface area contributed by atoms with E-state index in [0.717, 1.165) is 25.7 Å². The second-order valence-corrected chi connectivity index (χ2v) is 3.26. The van der Waals surface area contributed by atoms with E-state index in [-0.39, 0.29) is 5.92 Å². The first-order valence-corrected chi connectivity index (χ1v) is 4.15. The summed E-state index contributed by atoms with van der Waals surface area (Å²) < 4.78 is 0. The van der Waals surface area contributed by atoms with Crippen molar-refractivity contribution in [1.29, 1.82) is 0 Å². The van der Waals surface area contributed by atoms with Crippen LogP contribution in [0.4, 0.5) is 0 Å². The molecule has 1 rings (SSSR count). The highest BCUT2D eigenvalue weighted by Crippen LogP contribution is 2.31. The number of carbonyl (C=O) groups is 2. The Hall–Kier alpha value is -1.06. The maximum atomic E-state index is 10.8. The van der Waals surface area contributed by atoms with E-state index in [0.29, 0.717) is 0 Å². The Morgan fingerprint density at radius 1 is 1.33 bits per heavy atom. The SMILES string of the molecule is NC(=O)C(C(=O)O)C1CCCC1. The van der Waals surface area contributed by atoms with Crippen LogP contribution in [0.5, 0.6) is 0 Å². The van der Waals surface area contributed by atoms with Gasteiger partial charge in [0.2, 0.25) is 5.91 Å².